The van der Waals surface area contributed by atoms with Gasteiger partial charge in [0, 0.05) is 39.6 Å². The normalized spacial score (nSPS) is 22.2. The molecule has 106 valence electrons. The van der Waals surface area contributed by atoms with Gasteiger partial charge in [-0.25, -0.2) is 9.48 Å². The summed E-state index contributed by atoms with van der Waals surface area (Å²) in [5.41, 5.74) is 0.0366. The molecule has 1 aliphatic carbocycles. The summed E-state index contributed by atoms with van der Waals surface area (Å²) in [5, 5.41) is 4.33. The zero-order valence-corrected chi connectivity index (χ0v) is 11.8. The number of aryl methyl sites for hydroxylation is 1. The third-order valence-electron chi connectivity index (χ3n) is 4.62. The maximum atomic E-state index is 11.9. The van der Waals surface area contributed by atoms with Gasteiger partial charge in [-0.05, 0) is 18.8 Å². The lowest BCUT2D eigenvalue weighted by atomic mass is 9.89. The summed E-state index contributed by atoms with van der Waals surface area (Å²) in [6.45, 7) is 4.06. The summed E-state index contributed by atoms with van der Waals surface area (Å²) in [6.07, 6.45) is 7.91. The molecule has 19 heavy (non-hydrogen) atoms. The summed E-state index contributed by atoms with van der Waals surface area (Å²) in [4.78, 5) is 14.4. The van der Waals surface area contributed by atoms with Crippen molar-refractivity contribution < 1.29 is 0 Å². The molecule has 2 aliphatic rings. The van der Waals surface area contributed by atoms with Crippen molar-refractivity contribution in [1.29, 1.82) is 0 Å². The van der Waals surface area contributed by atoms with E-state index in [1.165, 1.54) is 43.3 Å². The minimum atomic E-state index is 0.0366. The molecule has 3 rings (SSSR count). The third-order valence-corrected chi connectivity index (χ3v) is 4.62. The van der Waals surface area contributed by atoms with E-state index in [2.05, 4.69) is 10.00 Å². The van der Waals surface area contributed by atoms with Crippen molar-refractivity contribution in [2.24, 2.45) is 13.0 Å². The highest BCUT2D eigenvalue weighted by molar-refractivity contribution is 4.91. The van der Waals surface area contributed by atoms with Gasteiger partial charge >= 0.3 is 5.69 Å². The first-order chi connectivity index (χ1) is 9.24. The van der Waals surface area contributed by atoms with E-state index in [4.69, 9.17) is 0 Å². The Hall–Kier alpha value is -1.10. The van der Waals surface area contributed by atoms with Crippen molar-refractivity contribution in [2.75, 3.05) is 19.6 Å². The van der Waals surface area contributed by atoms with Gasteiger partial charge < -0.3 is 4.90 Å². The average Bonchev–Trinajstić information content (AvgIpc) is 2.60. The van der Waals surface area contributed by atoms with E-state index in [0.717, 1.165) is 37.8 Å². The molecule has 1 saturated carbocycles. The van der Waals surface area contributed by atoms with Gasteiger partial charge in [-0.3, -0.25) is 4.57 Å². The minimum absolute atomic E-state index is 0.0366. The van der Waals surface area contributed by atoms with Gasteiger partial charge in [0.25, 0.3) is 0 Å². The van der Waals surface area contributed by atoms with Crippen LogP contribution in [0.1, 0.15) is 37.9 Å². The quantitative estimate of drug-likeness (QED) is 0.801. The first-order valence-corrected chi connectivity index (χ1v) is 7.59. The van der Waals surface area contributed by atoms with Crippen molar-refractivity contribution >= 4 is 0 Å². The van der Waals surface area contributed by atoms with Crippen LogP contribution >= 0.6 is 0 Å². The van der Waals surface area contributed by atoms with Crippen molar-refractivity contribution in [3.8, 4) is 0 Å². The molecule has 0 amide bonds. The molecular formula is C14H24N4O. The summed E-state index contributed by atoms with van der Waals surface area (Å²) >= 11 is 0. The molecule has 0 radical (unpaired) electrons. The monoisotopic (exact) mass is 264 g/mol. The Morgan fingerprint density at radius 1 is 1.16 bits per heavy atom. The predicted molar refractivity (Wildman–Crippen MR) is 74.2 cm³/mol. The van der Waals surface area contributed by atoms with Gasteiger partial charge in [0.1, 0.15) is 5.82 Å². The van der Waals surface area contributed by atoms with Gasteiger partial charge in [-0.15, -0.1) is 0 Å². The molecule has 0 atom stereocenters. The molecule has 0 bridgehead atoms. The van der Waals surface area contributed by atoms with Crippen molar-refractivity contribution in [3.05, 3.63) is 16.3 Å². The lowest BCUT2D eigenvalue weighted by Crippen LogP contribution is -2.34. The predicted octanol–water partition coefficient (Wildman–Crippen LogP) is 1.02. The molecule has 0 unspecified atom stereocenters. The molecule has 0 spiro atoms. The van der Waals surface area contributed by atoms with Gasteiger partial charge in [-0.1, -0.05) is 19.3 Å². The standard InChI is InChI=1S/C14H24N4O/c1-16-14(19)18-10-9-17(8-7-13(18)15-16)11-12-5-3-2-4-6-12/h12H,2-11H2,1H3. The second kappa shape index (κ2) is 5.49. The van der Waals surface area contributed by atoms with Crippen LogP contribution in [0.5, 0.6) is 0 Å². The van der Waals surface area contributed by atoms with Crippen LogP contribution in [0.4, 0.5) is 0 Å². The fourth-order valence-electron chi connectivity index (χ4n) is 3.49. The Bertz CT molecular complexity index is 484. The Balaban J connectivity index is 1.62. The maximum absolute atomic E-state index is 11.9. The first kappa shape index (κ1) is 12.9. The summed E-state index contributed by atoms with van der Waals surface area (Å²) in [6, 6.07) is 0. The van der Waals surface area contributed by atoms with E-state index in [1.807, 2.05) is 4.57 Å². The molecule has 0 N–H and O–H groups in total. The van der Waals surface area contributed by atoms with Gasteiger partial charge in [0.05, 0.1) is 0 Å². The van der Waals surface area contributed by atoms with Crippen LogP contribution in [-0.4, -0.2) is 38.9 Å². The number of hydrogen-bond acceptors (Lipinski definition) is 3. The Morgan fingerprint density at radius 3 is 2.74 bits per heavy atom. The van der Waals surface area contributed by atoms with E-state index in [1.54, 1.807) is 7.05 Å². The van der Waals surface area contributed by atoms with Crippen LogP contribution in [0, 0.1) is 5.92 Å². The number of nitrogens with zero attached hydrogens (tertiary/aromatic N) is 4. The molecule has 1 fully saturated rings. The summed E-state index contributed by atoms with van der Waals surface area (Å²) in [7, 11) is 1.74. The molecule has 2 heterocycles. The van der Waals surface area contributed by atoms with Crippen LogP contribution in [0.2, 0.25) is 0 Å². The zero-order valence-electron chi connectivity index (χ0n) is 11.8. The molecule has 5 nitrogen and oxygen atoms in total. The van der Waals surface area contributed by atoms with Crippen LogP contribution in [0.25, 0.3) is 0 Å². The molecule has 1 aromatic rings. The SMILES string of the molecule is Cn1nc2n(c1=O)CCN(CC1CCCCC1)CC2. The molecule has 1 aliphatic heterocycles. The largest absolute Gasteiger partial charge is 0.345 e. The number of hydrogen-bond donors (Lipinski definition) is 0. The molecule has 0 saturated heterocycles. The zero-order chi connectivity index (χ0) is 13.2. The van der Waals surface area contributed by atoms with E-state index in [9.17, 15) is 4.79 Å². The minimum Gasteiger partial charge on any atom is -0.301 e. The Kier molecular flexibility index (Phi) is 3.73. The van der Waals surface area contributed by atoms with Crippen LogP contribution in [0.15, 0.2) is 4.79 Å². The first-order valence-electron chi connectivity index (χ1n) is 7.59. The average molecular weight is 264 g/mol. The molecule has 0 aromatic carbocycles. The lowest BCUT2D eigenvalue weighted by Gasteiger charge is -2.28. The van der Waals surface area contributed by atoms with Gasteiger partial charge in [-0.2, -0.15) is 5.10 Å². The highest BCUT2D eigenvalue weighted by atomic mass is 16.2. The lowest BCUT2D eigenvalue weighted by molar-refractivity contribution is 0.203. The molecular weight excluding hydrogens is 240 g/mol. The van der Waals surface area contributed by atoms with Crippen molar-refractivity contribution in [3.63, 3.8) is 0 Å². The topological polar surface area (TPSA) is 43.1 Å². The van der Waals surface area contributed by atoms with Crippen LogP contribution < -0.4 is 5.69 Å². The fraction of sp³-hybridized carbons (Fsp3) is 0.857. The van der Waals surface area contributed by atoms with E-state index >= 15 is 0 Å². The molecule has 1 aromatic heterocycles. The summed E-state index contributed by atoms with van der Waals surface area (Å²) in [5.74, 6) is 1.83. The van der Waals surface area contributed by atoms with Crippen LogP contribution in [0.3, 0.4) is 0 Å². The Labute approximate surface area is 114 Å². The maximum Gasteiger partial charge on any atom is 0.345 e. The molecule has 5 heteroatoms. The van der Waals surface area contributed by atoms with E-state index in [-0.39, 0.29) is 5.69 Å². The van der Waals surface area contributed by atoms with E-state index in [0.29, 0.717) is 0 Å². The summed E-state index contributed by atoms with van der Waals surface area (Å²) < 4.78 is 3.31. The van der Waals surface area contributed by atoms with Crippen molar-refractivity contribution in [1.82, 2.24) is 19.2 Å². The van der Waals surface area contributed by atoms with Gasteiger partial charge in [0.15, 0.2) is 0 Å². The van der Waals surface area contributed by atoms with Crippen molar-refractivity contribution in [2.45, 2.75) is 45.1 Å². The third kappa shape index (κ3) is 2.76. The van der Waals surface area contributed by atoms with Crippen LogP contribution in [-0.2, 0) is 20.0 Å². The Morgan fingerprint density at radius 2 is 1.95 bits per heavy atom. The van der Waals surface area contributed by atoms with Gasteiger partial charge in [0.2, 0.25) is 0 Å². The highest BCUT2D eigenvalue weighted by Gasteiger charge is 2.21. The number of rotatable bonds is 2. The second-order valence-electron chi connectivity index (χ2n) is 6.03. The fourth-order valence-corrected chi connectivity index (χ4v) is 3.49. The second-order valence-corrected chi connectivity index (χ2v) is 6.03. The number of fused-ring (bicyclic) bond motifs is 1. The smallest absolute Gasteiger partial charge is 0.301 e. The number of aromatic nitrogens is 3. The highest BCUT2D eigenvalue weighted by Crippen LogP contribution is 2.24. The van der Waals surface area contributed by atoms with E-state index < -0.39 is 0 Å².